The van der Waals surface area contributed by atoms with E-state index in [9.17, 15) is 4.21 Å². The molecule has 2 unspecified atom stereocenters. The van der Waals surface area contributed by atoms with Crippen LogP contribution in [0.2, 0.25) is 0 Å². The Morgan fingerprint density at radius 3 is 3.00 bits per heavy atom. The van der Waals surface area contributed by atoms with Crippen molar-refractivity contribution in [3.8, 4) is 0 Å². The summed E-state index contributed by atoms with van der Waals surface area (Å²) in [5, 5.41) is 3.53. The van der Waals surface area contributed by atoms with Crippen molar-refractivity contribution in [3.05, 3.63) is 0 Å². The molecule has 1 heterocycles. The predicted octanol–water partition coefficient (Wildman–Crippen LogP) is 0.439. The standard InChI is InChI=1S/C10H22N2OS/c1-12-7-3-5-10(9-12)11-6-4-8-14(2)13/h10-11H,3-9H2,1-2H3. The Morgan fingerprint density at radius 2 is 2.36 bits per heavy atom. The van der Waals surface area contributed by atoms with Crippen LogP contribution in [0.15, 0.2) is 0 Å². The van der Waals surface area contributed by atoms with Crippen LogP contribution in [0.25, 0.3) is 0 Å². The van der Waals surface area contributed by atoms with E-state index in [1.165, 1.54) is 19.4 Å². The van der Waals surface area contributed by atoms with Crippen LogP contribution in [0.1, 0.15) is 19.3 Å². The van der Waals surface area contributed by atoms with Gasteiger partial charge in [0.2, 0.25) is 0 Å². The molecule has 0 amide bonds. The number of piperidine rings is 1. The molecule has 1 saturated heterocycles. The number of likely N-dealkylation sites (tertiary alicyclic amines) is 1. The van der Waals surface area contributed by atoms with Gasteiger partial charge in [0.05, 0.1) is 0 Å². The van der Waals surface area contributed by atoms with E-state index in [2.05, 4.69) is 17.3 Å². The van der Waals surface area contributed by atoms with Crippen molar-refractivity contribution < 1.29 is 4.21 Å². The van der Waals surface area contributed by atoms with Gasteiger partial charge in [-0.05, 0) is 39.4 Å². The molecular formula is C10H22N2OS. The van der Waals surface area contributed by atoms with Gasteiger partial charge in [-0.3, -0.25) is 4.21 Å². The molecule has 0 spiro atoms. The summed E-state index contributed by atoms with van der Waals surface area (Å²) in [5.74, 6) is 0.829. The third kappa shape index (κ3) is 5.08. The zero-order chi connectivity index (χ0) is 10.4. The smallest absolute Gasteiger partial charge is 0.0244 e. The Bertz CT molecular complexity index is 187. The molecule has 1 rings (SSSR count). The Kier molecular flexibility index (Phi) is 5.67. The van der Waals surface area contributed by atoms with Crippen molar-refractivity contribution in [2.75, 3.05) is 38.7 Å². The van der Waals surface area contributed by atoms with E-state index >= 15 is 0 Å². The van der Waals surface area contributed by atoms with E-state index in [-0.39, 0.29) is 0 Å². The van der Waals surface area contributed by atoms with Crippen LogP contribution in [0, 0.1) is 0 Å². The molecule has 1 fully saturated rings. The molecule has 0 aliphatic carbocycles. The van der Waals surface area contributed by atoms with E-state index in [0.29, 0.717) is 6.04 Å². The van der Waals surface area contributed by atoms with E-state index in [1.807, 2.05) is 0 Å². The van der Waals surface area contributed by atoms with Gasteiger partial charge in [-0.25, -0.2) is 0 Å². The minimum absolute atomic E-state index is 0.629. The molecule has 0 aromatic carbocycles. The minimum Gasteiger partial charge on any atom is -0.313 e. The first-order valence-electron chi connectivity index (χ1n) is 5.40. The van der Waals surface area contributed by atoms with Gasteiger partial charge in [-0.15, -0.1) is 0 Å². The average molecular weight is 218 g/mol. The van der Waals surface area contributed by atoms with Crippen LogP contribution in [0.5, 0.6) is 0 Å². The first kappa shape index (κ1) is 12.1. The number of likely N-dealkylation sites (N-methyl/N-ethyl adjacent to an activating group) is 1. The Morgan fingerprint density at radius 1 is 1.57 bits per heavy atom. The van der Waals surface area contributed by atoms with E-state index < -0.39 is 10.8 Å². The SMILES string of the molecule is CN1CCCC(NCCCS(C)=O)C1. The maximum atomic E-state index is 10.8. The fourth-order valence-electron chi connectivity index (χ4n) is 1.91. The van der Waals surface area contributed by atoms with Gasteiger partial charge in [-0.1, -0.05) is 0 Å². The molecule has 1 N–H and O–H groups in total. The van der Waals surface area contributed by atoms with E-state index in [1.54, 1.807) is 6.26 Å². The molecule has 4 heteroatoms. The second-order valence-corrected chi connectivity index (χ2v) is 5.74. The van der Waals surface area contributed by atoms with Gasteiger partial charge >= 0.3 is 0 Å². The summed E-state index contributed by atoms with van der Waals surface area (Å²) >= 11 is 0. The number of rotatable bonds is 5. The summed E-state index contributed by atoms with van der Waals surface area (Å²) in [6, 6.07) is 0.652. The van der Waals surface area contributed by atoms with E-state index in [0.717, 1.165) is 25.3 Å². The maximum Gasteiger partial charge on any atom is 0.0244 e. The predicted molar refractivity (Wildman–Crippen MR) is 62.1 cm³/mol. The normalized spacial score (nSPS) is 26.3. The van der Waals surface area contributed by atoms with Crippen LogP contribution in [0.3, 0.4) is 0 Å². The monoisotopic (exact) mass is 218 g/mol. The summed E-state index contributed by atoms with van der Waals surface area (Å²) in [5.41, 5.74) is 0. The molecule has 14 heavy (non-hydrogen) atoms. The molecule has 2 atom stereocenters. The highest BCUT2D eigenvalue weighted by Crippen LogP contribution is 2.07. The lowest BCUT2D eigenvalue weighted by atomic mass is 10.1. The zero-order valence-corrected chi connectivity index (χ0v) is 10.1. The van der Waals surface area contributed by atoms with Gasteiger partial charge in [-0.2, -0.15) is 0 Å². The molecular weight excluding hydrogens is 196 g/mol. The first-order valence-corrected chi connectivity index (χ1v) is 7.13. The summed E-state index contributed by atoms with van der Waals surface area (Å²) < 4.78 is 10.8. The third-order valence-electron chi connectivity index (χ3n) is 2.67. The minimum atomic E-state index is -0.629. The second kappa shape index (κ2) is 6.53. The number of hydrogen-bond donors (Lipinski definition) is 1. The van der Waals surface area contributed by atoms with Crippen molar-refractivity contribution in [1.29, 1.82) is 0 Å². The fraction of sp³-hybridized carbons (Fsp3) is 1.00. The lowest BCUT2D eigenvalue weighted by molar-refractivity contribution is 0.228. The second-order valence-electron chi connectivity index (χ2n) is 4.19. The molecule has 0 saturated carbocycles. The molecule has 3 nitrogen and oxygen atoms in total. The van der Waals surface area contributed by atoms with Crippen LogP contribution in [0.4, 0.5) is 0 Å². The molecule has 0 aromatic heterocycles. The molecule has 0 aromatic rings. The maximum absolute atomic E-state index is 10.8. The summed E-state index contributed by atoms with van der Waals surface area (Å²) in [4.78, 5) is 2.37. The lowest BCUT2D eigenvalue weighted by Crippen LogP contribution is -2.44. The van der Waals surface area contributed by atoms with Gasteiger partial charge in [0, 0.05) is 35.4 Å². The average Bonchev–Trinajstić information content (AvgIpc) is 2.12. The van der Waals surface area contributed by atoms with Gasteiger partial charge in [0.25, 0.3) is 0 Å². The molecule has 0 bridgehead atoms. The Hall–Kier alpha value is 0.0700. The van der Waals surface area contributed by atoms with E-state index in [4.69, 9.17) is 0 Å². The highest BCUT2D eigenvalue weighted by atomic mass is 32.2. The largest absolute Gasteiger partial charge is 0.313 e. The van der Waals surface area contributed by atoms with Crippen LogP contribution < -0.4 is 5.32 Å². The molecule has 0 radical (unpaired) electrons. The Labute approximate surface area is 89.7 Å². The third-order valence-corrected chi connectivity index (χ3v) is 3.53. The summed E-state index contributed by atoms with van der Waals surface area (Å²) in [6.45, 7) is 3.41. The first-order chi connectivity index (χ1) is 6.68. The molecule has 84 valence electrons. The zero-order valence-electron chi connectivity index (χ0n) is 9.29. The molecule has 1 aliphatic heterocycles. The van der Waals surface area contributed by atoms with Gasteiger partial charge in [0.15, 0.2) is 0 Å². The number of nitrogens with one attached hydrogen (secondary N) is 1. The van der Waals surface area contributed by atoms with Crippen molar-refractivity contribution in [1.82, 2.24) is 10.2 Å². The van der Waals surface area contributed by atoms with Crippen LogP contribution in [-0.2, 0) is 10.8 Å². The van der Waals surface area contributed by atoms with Gasteiger partial charge in [0.1, 0.15) is 0 Å². The topological polar surface area (TPSA) is 32.3 Å². The highest BCUT2D eigenvalue weighted by molar-refractivity contribution is 7.84. The van der Waals surface area contributed by atoms with Crippen molar-refractivity contribution in [3.63, 3.8) is 0 Å². The molecule has 1 aliphatic rings. The van der Waals surface area contributed by atoms with Crippen LogP contribution >= 0.6 is 0 Å². The fourth-order valence-corrected chi connectivity index (χ4v) is 2.47. The lowest BCUT2D eigenvalue weighted by Gasteiger charge is -2.30. The van der Waals surface area contributed by atoms with Crippen molar-refractivity contribution in [2.24, 2.45) is 0 Å². The van der Waals surface area contributed by atoms with Crippen molar-refractivity contribution >= 4 is 10.8 Å². The quantitative estimate of drug-likeness (QED) is 0.680. The van der Waals surface area contributed by atoms with Crippen LogP contribution in [-0.4, -0.2) is 53.8 Å². The highest BCUT2D eigenvalue weighted by Gasteiger charge is 2.15. The number of hydrogen-bond acceptors (Lipinski definition) is 3. The van der Waals surface area contributed by atoms with Gasteiger partial charge < -0.3 is 10.2 Å². The number of nitrogens with zero attached hydrogens (tertiary/aromatic N) is 1. The summed E-state index contributed by atoms with van der Waals surface area (Å²) in [6.07, 6.45) is 5.39. The Balaban J connectivity index is 2.03. The summed E-state index contributed by atoms with van der Waals surface area (Å²) in [7, 11) is 1.55. The van der Waals surface area contributed by atoms with Crippen molar-refractivity contribution in [2.45, 2.75) is 25.3 Å².